The lowest BCUT2D eigenvalue weighted by atomic mass is 9.94. The van der Waals surface area contributed by atoms with Gasteiger partial charge in [0.15, 0.2) is 0 Å². The third-order valence-electron chi connectivity index (χ3n) is 6.48. The minimum absolute atomic E-state index is 0.0802. The summed E-state index contributed by atoms with van der Waals surface area (Å²) in [5.74, 6) is 0.523. The summed E-state index contributed by atoms with van der Waals surface area (Å²) in [6, 6.07) is -0.297. The first-order valence-electron chi connectivity index (χ1n) is 8.25. The summed E-state index contributed by atoms with van der Waals surface area (Å²) in [6.45, 7) is 13.7. The maximum atomic E-state index is 13.1. The lowest BCUT2D eigenvalue weighted by molar-refractivity contribution is -0.163. The first kappa shape index (κ1) is 14.9. The van der Waals surface area contributed by atoms with E-state index in [0.717, 1.165) is 19.4 Å². The number of piperazine rings is 1. The fourth-order valence-electron chi connectivity index (χ4n) is 4.64. The van der Waals surface area contributed by atoms with E-state index in [4.69, 9.17) is 0 Å². The van der Waals surface area contributed by atoms with Crippen LogP contribution in [0.25, 0.3) is 0 Å². The highest BCUT2D eigenvalue weighted by Gasteiger charge is 2.71. The second-order valence-electron chi connectivity index (χ2n) is 8.47. The van der Waals surface area contributed by atoms with Crippen molar-refractivity contribution in [1.82, 2.24) is 9.80 Å². The van der Waals surface area contributed by atoms with Crippen molar-refractivity contribution in [3.63, 3.8) is 0 Å². The molecule has 0 N–H and O–H groups in total. The number of carbonyl (C=O) groups excluding carboxylic acids is 2. The van der Waals surface area contributed by atoms with Gasteiger partial charge in [-0.3, -0.25) is 9.59 Å². The average molecular weight is 292 g/mol. The van der Waals surface area contributed by atoms with Crippen LogP contribution in [-0.4, -0.2) is 46.3 Å². The Morgan fingerprint density at radius 2 is 1.62 bits per heavy atom. The van der Waals surface area contributed by atoms with Crippen LogP contribution in [0.3, 0.4) is 0 Å². The van der Waals surface area contributed by atoms with Crippen LogP contribution in [-0.2, 0) is 9.59 Å². The molecule has 0 bridgehead atoms. The average Bonchev–Trinajstić information content (AvgIpc) is 2.73. The molecule has 2 aliphatic heterocycles. The second kappa shape index (κ2) is 4.23. The molecule has 0 spiro atoms. The van der Waals surface area contributed by atoms with Gasteiger partial charge in [-0.1, -0.05) is 41.5 Å². The van der Waals surface area contributed by atoms with E-state index in [1.807, 2.05) is 9.80 Å². The summed E-state index contributed by atoms with van der Waals surface area (Å²) < 4.78 is 0. The van der Waals surface area contributed by atoms with Crippen LogP contribution in [0.5, 0.6) is 0 Å². The Kier molecular flexibility index (Phi) is 3.00. The third kappa shape index (κ3) is 1.74. The van der Waals surface area contributed by atoms with Gasteiger partial charge in [0, 0.05) is 12.6 Å². The number of fused-ring (bicyclic) bond motifs is 1. The standard InChI is InChI=1S/C17H28N2O2/c1-10(2)12-14(21)18-9-7-8-11(18)13(20)19(12)15-16(3,4)17(15,5)6/h10-12,15H,7-9H2,1-6H3. The van der Waals surface area contributed by atoms with Gasteiger partial charge in [-0.25, -0.2) is 0 Å². The minimum atomic E-state index is -0.280. The normalized spacial score (nSPS) is 34.6. The predicted molar refractivity (Wildman–Crippen MR) is 81.6 cm³/mol. The molecular formula is C17H28N2O2. The van der Waals surface area contributed by atoms with Gasteiger partial charge in [-0.05, 0) is 29.6 Å². The van der Waals surface area contributed by atoms with Crippen molar-refractivity contribution in [2.24, 2.45) is 16.7 Å². The minimum Gasteiger partial charge on any atom is -0.329 e. The van der Waals surface area contributed by atoms with E-state index in [1.165, 1.54) is 0 Å². The quantitative estimate of drug-likeness (QED) is 0.783. The summed E-state index contributed by atoms with van der Waals surface area (Å²) >= 11 is 0. The van der Waals surface area contributed by atoms with Gasteiger partial charge < -0.3 is 9.80 Å². The molecular weight excluding hydrogens is 264 g/mol. The van der Waals surface area contributed by atoms with E-state index in [-0.39, 0.29) is 46.7 Å². The van der Waals surface area contributed by atoms with E-state index in [2.05, 4.69) is 41.5 Å². The van der Waals surface area contributed by atoms with Gasteiger partial charge in [0.25, 0.3) is 0 Å². The first-order chi connectivity index (χ1) is 9.62. The number of hydrogen-bond donors (Lipinski definition) is 0. The monoisotopic (exact) mass is 292 g/mol. The second-order valence-corrected chi connectivity index (χ2v) is 8.47. The van der Waals surface area contributed by atoms with Gasteiger partial charge in [0.05, 0.1) is 0 Å². The van der Waals surface area contributed by atoms with Crippen LogP contribution < -0.4 is 0 Å². The van der Waals surface area contributed by atoms with E-state index in [1.54, 1.807) is 0 Å². The van der Waals surface area contributed by atoms with Crippen molar-refractivity contribution in [2.45, 2.75) is 72.5 Å². The number of nitrogens with zero attached hydrogens (tertiary/aromatic N) is 2. The van der Waals surface area contributed by atoms with Crippen molar-refractivity contribution >= 4 is 11.8 Å². The summed E-state index contributed by atoms with van der Waals surface area (Å²) in [6.07, 6.45) is 1.79. The maximum absolute atomic E-state index is 13.1. The molecule has 0 aromatic carbocycles. The summed E-state index contributed by atoms with van der Waals surface area (Å²) in [5, 5.41) is 0. The Morgan fingerprint density at radius 1 is 1.05 bits per heavy atom. The van der Waals surface area contributed by atoms with E-state index >= 15 is 0 Å². The molecule has 0 radical (unpaired) electrons. The Bertz CT molecular complexity index is 481. The van der Waals surface area contributed by atoms with Gasteiger partial charge in [0.2, 0.25) is 11.8 Å². The zero-order valence-electron chi connectivity index (χ0n) is 14.1. The van der Waals surface area contributed by atoms with Gasteiger partial charge in [0.1, 0.15) is 12.1 Å². The van der Waals surface area contributed by atoms with Gasteiger partial charge in [-0.15, -0.1) is 0 Å². The van der Waals surface area contributed by atoms with Gasteiger partial charge in [-0.2, -0.15) is 0 Å². The molecule has 118 valence electrons. The zero-order chi connectivity index (χ0) is 15.7. The lowest BCUT2D eigenvalue weighted by Gasteiger charge is -2.45. The van der Waals surface area contributed by atoms with Crippen LogP contribution >= 0.6 is 0 Å². The van der Waals surface area contributed by atoms with Crippen molar-refractivity contribution in [3.8, 4) is 0 Å². The van der Waals surface area contributed by atoms with Crippen LogP contribution in [0.2, 0.25) is 0 Å². The molecule has 3 fully saturated rings. The predicted octanol–water partition coefficient (Wildman–Crippen LogP) is 2.28. The number of carbonyl (C=O) groups is 2. The summed E-state index contributed by atoms with van der Waals surface area (Å²) in [5.41, 5.74) is 0.160. The molecule has 1 saturated carbocycles. The first-order valence-corrected chi connectivity index (χ1v) is 8.25. The SMILES string of the molecule is CC(C)C1C(=O)N2CCCC2C(=O)N1C1C(C)(C)C1(C)C. The van der Waals surface area contributed by atoms with Crippen molar-refractivity contribution in [2.75, 3.05) is 6.54 Å². The van der Waals surface area contributed by atoms with Crippen LogP contribution in [0.1, 0.15) is 54.4 Å². The Balaban J connectivity index is 2.00. The maximum Gasteiger partial charge on any atom is 0.246 e. The topological polar surface area (TPSA) is 40.6 Å². The Morgan fingerprint density at radius 3 is 2.10 bits per heavy atom. The fraction of sp³-hybridized carbons (Fsp3) is 0.882. The molecule has 3 rings (SSSR count). The molecule has 0 aromatic rings. The third-order valence-corrected chi connectivity index (χ3v) is 6.48. The summed E-state index contributed by atoms with van der Waals surface area (Å²) in [4.78, 5) is 29.8. The smallest absolute Gasteiger partial charge is 0.246 e. The van der Waals surface area contributed by atoms with Crippen molar-refractivity contribution in [3.05, 3.63) is 0 Å². The van der Waals surface area contributed by atoms with Crippen molar-refractivity contribution in [1.29, 1.82) is 0 Å². The number of amides is 2. The lowest BCUT2D eigenvalue weighted by Crippen LogP contribution is -2.65. The molecule has 0 aromatic heterocycles. The molecule has 1 aliphatic carbocycles. The molecule has 3 aliphatic rings. The molecule has 2 heterocycles. The van der Waals surface area contributed by atoms with E-state index in [0.29, 0.717) is 0 Å². The van der Waals surface area contributed by atoms with E-state index in [9.17, 15) is 9.59 Å². The molecule has 2 saturated heterocycles. The largest absolute Gasteiger partial charge is 0.329 e. The van der Waals surface area contributed by atoms with Gasteiger partial charge >= 0.3 is 0 Å². The zero-order valence-corrected chi connectivity index (χ0v) is 14.1. The number of hydrogen-bond acceptors (Lipinski definition) is 2. The summed E-state index contributed by atoms with van der Waals surface area (Å²) in [7, 11) is 0. The van der Waals surface area contributed by atoms with Crippen LogP contribution in [0, 0.1) is 16.7 Å². The molecule has 4 nitrogen and oxygen atoms in total. The van der Waals surface area contributed by atoms with E-state index < -0.39 is 0 Å². The molecule has 2 atom stereocenters. The molecule has 2 amide bonds. The molecule has 2 unspecified atom stereocenters. The van der Waals surface area contributed by atoms with Crippen LogP contribution in [0.4, 0.5) is 0 Å². The van der Waals surface area contributed by atoms with Crippen LogP contribution in [0.15, 0.2) is 0 Å². The highest BCUT2D eigenvalue weighted by Crippen LogP contribution is 2.66. The molecule has 21 heavy (non-hydrogen) atoms. The highest BCUT2D eigenvalue weighted by molar-refractivity contribution is 5.98. The number of rotatable bonds is 2. The highest BCUT2D eigenvalue weighted by atomic mass is 16.2. The molecule has 4 heteroatoms. The fourth-order valence-corrected chi connectivity index (χ4v) is 4.64. The Hall–Kier alpha value is -1.06. The van der Waals surface area contributed by atoms with Crippen molar-refractivity contribution < 1.29 is 9.59 Å². The Labute approximate surface area is 127 Å².